The molecule has 1 aromatic rings. The number of hydrogen-bond donors (Lipinski definition) is 1. The molecule has 0 aromatic carbocycles. The minimum Gasteiger partial charge on any atom is -0.481 e. The highest BCUT2D eigenvalue weighted by atomic mass is 16.4. The molecule has 0 saturated carbocycles. The molecule has 1 N–H and O–H groups in total. The molecule has 0 radical (unpaired) electrons. The number of carboxylic acids is 1. The molecule has 1 rings (SSSR count). The SMILES string of the molecule is CC(C)(C)c1ccnc(CCCC(=O)O)n1. The van der Waals surface area contributed by atoms with Gasteiger partial charge < -0.3 is 5.11 Å². The summed E-state index contributed by atoms with van der Waals surface area (Å²) < 4.78 is 0. The van der Waals surface area contributed by atoms with Crippen LogP contribution in [-0.4, -0.2) is 21.0 Å². The zero-order chi connectivity index (χ0) is 12.2. The Morgan fingerprint density at radius 3 is 2.69 bits per heavy atom. The van der Waals surface area contributed by atoms with Crippen molar-refractivity contribution in [2.75, 3.05) is 0 Å². The molecule has 0 atom stereocenters. The summed E-state index contributed by atoms with van der Waals surface area (Å²) in [5.41, 5.74) is 0.998. The number of aliphatic carboxylic acids is 1. The third-order valence-corrected chi connectivity index (χ3v) is 2.26. The van der Waals surface area contributed by atoms with Gasteiger partial charge in [-0.2, -0.15) is 0 Å². The van der Waals surface area contributed by atoms with Gasteiger partial charge in [0.25, 0.3) is 0 Å². The lowest BCUT2D eigenvalue weighted by Crippen LogP contribution is -2.15. The number of hydrogen-bond acceptors (Lipinski definition) is 3. The Bertz CT molecular complexity index is 370. The molecule has 4 nitrogen and oxygen atoms in total. The van der Waals surface area contributed by atoms with Gasteiger partial charge in [-0.1, -0.05) is 20.8 Å². The Hall–Kier alpha value is -1.45. The lowest BCUT2D eigenvalue weighted by molar-refractivity contribution is -0.137. The smallest absolute Gasteiger partial charge is 0.303 e. The van der Waals surface area contributed by atoms with E-state index in [1.165, 1.54) is 0 Å². The Labute approximate surface area is 95.7 Å². The number of rotatable bonds is 4. The van der Waals surface area contributed by atoms with Crippen LogP contribution in [0.4, 0.5) is 0 Å². The van der Waals surface area contributed by atoms with Crippen molar-refractivity contribution in [3.8, 4) is 0 Å². The van der Waals surface area contributed by atoms with Crippen molar-refractivity contribution in [3.63, 3.8) is 0 Å². The first-order valence-electron chi connectivity index (χ1n) is 5.44. The summed E-state index contributed by atoms with van der Waals surface area (Å²) in [6.45, 7) is 6.28. The van der Waals surface area contributed by atoms with Crippen LogP contribution in [0.2, 0.25) is 0 Å². The van der Waals surface area contributed by atoms with E-state index in [1.54, 1.807) is 6.20 Å². The fraction of sp³-hybridized carbons (Fsp3) is 0.583. The van der Waals surface area contributed by atoms with Crippen molar-refractivity contribution < 1.29 is 9.90 Å². The first-order chi connectivity index (χ1) is 7.39. The molecule has 0 amide bonds. The van der Waals surface area contributed by atoms with Crippen molar-refractivity contribution in [2.24, 2.45) is 0 Å². The summed E-state index contributed by atoms with van der Waals surface area (Å²) in [6, 6.07) is 1.90. The number of aromatic nitrogens is 2. The largest absolute Gasteiger partial charge is 0.481 e. The molecular formula is C12H18N2O2. The van der Waals surface area contributed by atoms with Gasteiger partial charge in [0.2, 0.25) is 0 Å². The summed E-state index contributed by atoms with van der Waals surface area (Å²) in [4.78, 5) is 19.0. The van der Waals surface area contributed by atoms with E-state index in [0.717, 1.165) is 11.5 Å². The lowest BCUT2D eigenvalue weighted by Gasteiger charge is -2.17. The second-order valence-electron chi connectivity index (χ2n) is 4.86. The second-order valence-corrected chi connectivity index (χ2v) is 4.86. The van der Waals surface area contributed by atoms with Crippen LogP contribution in [0.15, 0.2) is 12.3 Å². The van der Waals surface area contributed by atoms with E-state index >= 15 is 0 Å². The Balaban J connectivity index is 2.64. The predicted octanol–water partition coefficient (Wildman–Crippen LogP) is 2.18. The monoisotopic (exact) mass is 222 g/mol. The van der Waals surface area contributed by atoms with Gasteiger partial charge in [-0.15, -0.1) is 0 Å². The van der Waals surface area contributed by atoms with Gasteiger partial charge >= 0.3 is 5.97 Å². The first kappa shape index (κ1) is 12.6. The molecule has 1 heterocycles. The van der Waals surface area contributed by atoms with Crippen LogP contribution < -0.4 is 0 Å². The van der Waals surface area contributed by atoms with Crippen molar-refractivity contribution in [1.82, 2.24) is 9.97 Å². The number of aryl methyl sites for hydroxylation is 1. The molecule has 0 aliphatic carbocycles. The van der Waals surface area contributed by atoms with Crippen LogP contribution in [0, 0.1) is 0 Å². The molecule has 0 fully saturated rings. The Morgan fingerprint density at radius 2 is 2.12 bits per heavy atom. The van der Waals surface area contributed by atoms with E-state index in [0.29, 0.717) is 12.8 Å². The molecule has 0 spiro atoms. The summed E-state index contributed by atoms with van der Waals surface area (Å²) in [7, 11) is 0. The van der Waals surface area contributed by atoms with Gasteiger partial charge in [0, 0.05) is 30.1 Å². The molecule has 16 heavy (non-hydrogen) atoms. The minimum absolute atomic E-state index is 0.00445. The fourth-order valence-electron chi connectivity index (χ4n) is 1.33. The highest BCUT2D eigenvalue weighted by molar-refractivity contribution is 5.66. The molecule has 0 saturated heterocycles. The van der Waals surface area contributed by atoms with Crippen LogP contribution in [0.3, 0.4) is 0 Å². The Kier molecular flexibility index (Phi) is 3.99. The maximum atomic E-state index is 10.4. The topological polar surface area (TPSA) is 63.1 Å². The van der Waals surface area contributed by atoms with Crippen LogP contribution in [-0.2, 0) is 16.6 Å². The van der Waals surface area contributed by atoms with E-state index in [1.807, 2.05) is 6.07 Å². The van der Waals surface area contributed by atoms with Crippen molar-refractivity contribution in [3.05, 3.63) is 23.8 Å². The highest BCUT2D eigenvalue weighted by Crippen LogP contribution is 2.19. The first-order valence-corrected chi connectivity index (χ1v) is 5.44. The predicted molar refractivity (Wildman–Crippen MR) is 61.3 cm³/mol. The molecule has 0 aliphatic rings. The number of carboxylic acid groups (broad SMARTS) is 1. The van der Waals surface area contributed by atoms with Crippen molar-refractivity contribution in [2.45, 2.75) is 45.4 Å². The molecule has 4 heteroatoms. The normalized spacial score (nSPS) is 11.4. The lowest BCUT2D eigenvalue weighted by atomic mass is 9.92. The van der Waals surface area contributed by atoms with E-state index in [-0.39, 0.29) is 11.8 Å². The maximum absolute atomic E-state index is 10.4. The average molecular weight is 222 g/mol. The maximum Gasteiger partial charge on any atom is 0.303 e. The van der Waals surface area contributed by atoms with Gasteiger partial charge in [-0.3, -0.25) is 4.79 Å². The van der Waals surface area contributed by atoms with E-state index in [9.17, 15) is 4.79 Å². The zero-order valence-corrected chi connectivity index (χ0v) is 10.0. The molecule has 88 valence electrons. The van der Waals surface area contributed by atoms with Crippen molar-refractivity contribution >= 4 is 5.97 Å². The summed E-state index contributed by atoms with van der Waals surface area (Å²) in [6.07, 6.45) is 3.12. The standard InChI is InChI=1S/C12H18N2O2/c1-12(2,3)9-7-8-13-10(14-9)5-4-6-11(15)16/h7-8H,4-6H2,1-3H3,(H,15,16). The molecule has 0 unspecified atom stereocenters. The zero-order valence-electron chi connectivity index (χ0n) is 10.0. The van der Waals surface area contributed by atoms with Gasteiger partial charge in [0.05, 0.1) is 0 Å². The number of carbonyl (C=O) groups is 1. The van der Waals surface area contributed by atoms with Gasteiger partial charge in [0.1, 0.15) is 5.82 Å². The molecule has 0 aliphatic heterocycles. The van der Waals surface area contributed by atoms with E-state index in [4.69, 9.17) is 5.11 Å². The quantitative estimate of drug-likeness (QED) is 0.848. The Morgan fingerprint density at radius 1 is 1.44 bits per heavy atom. The van der Waals surface area contributed by atoms with Gasteiger partial charge in [0.15, 0.2) is 0 Å². The summed E-state index contributed by atoms with van der Waals surface area (Å²) in [5.74, 6) is -0.0411. The third-order valence-electron chi connectivity index (χ3n) is 2.26. The fourth-order valence-corrected chi connectivity index (χ4v) is 1.33. The van der Waals surface area contributed by atoms with Gasteiger partial charge in [-0.05, 0) is 12.5 Å². The van der Waals surface area contributed by atoms with Crippen molar-refractivity contribution in [1.29, 1.82) is 0 Å². The van der Waals surface area contributed by atoms with Crippen LogP contribution >= 0.6 is 0 Å². The summed E-state index contributed by atoms with van der Waals surface area (Å²) in [5, 5.41) is 8.53. The van der Waals surface area contributed by atoms with E-state index < -0.39 is 5.97 Å². The molecular weight excluding hydrogens is 204 g/mol. The van der Waals surface area contributed by atoms with E-state index in [2.05, 4.69) is 30.7 Å². The minimum atomic E-state index is -0.771. The molecule has 0 bridgehead atoms. The van der Waals surface area contributed by atoms with Gasteiger partial charge in [-0.25, -0.2) is 9.97 Å². The summed E-state index contributed by atoms with van der Waals surface area (Å²) >= 11 is 0. The third kappa shape index (κ3) is 3.96. The van der Waals surface area contributed by atoms with Crippen LogP contribution in [0.25, 0.3) is 0 Å². The highest BCUT2D eigenvalue weighted by Gasteiger charge is 2.15. The van der Waals surface area contributed by atoms with Crippen LogP contribution in [0.1, 0.15) is 45.1 Å². The number of nitrogens with zero attached hydrogens (tertiary/aromatic N) is 2. The van der Waals surface area contributed by atoms with Crippen LogP contribution in [0.5, 0.6) is 0 Å². The second kappa shape index (κ2) is 5.05. The average Bonchev–Trinajstić information content (AvgIpc) is 2.16. The molecule has 1 aromatic heterocycles.